The first kappa shape index (κ1) is 86.6. The van der Waals surface area contributed by atoms with E-state index < -0.39 is 125 Å². The van der Waals surface area contributed by atoms with Gasteiger partial charge in [0.2, 0.25) is 29.5 Å². The molecule has 11 atom stereocenters. The molecular weight excluding hydrogens is 1370 g/mol. The van der Waals surface area contributed by atoms with Crippen molar-refractivity contribution in [3.8, 4) is 22.3 Å². The summed E-state index contributed by atoms with van der Waals surface area (Å²) in [4.78, 5) is 157. The molecular formula is C88H130N10O11. The van der Waals surface area contributed by atoms with E-state index in [2.05, 4.69) is 101 Å². The van der Waals surface area contributed by atoms with Crippen molar-refractivity contribution in [1.29, 1.82) is 0 Å². The molecule has 4 aromatic rings. The molecule has 0 aromatic heterocycles. The molecule has 5 unspecified atom stereocenters. The molecule has 8 rings (SSSR count). The number of nitrogens with one attached hydrogen (secondary N) is 1. The second-order valence-corrected chi connectivity index (χ2v) is 34.0. The zero-order chi connectivity index (χ0) is 80.2. The number of ether oxygens (including phenoxy) is 1. The summed E-state index contributed by atoms with van der Waals surface area (Å²) >= 11 is 0. The third-order valence-corrected chi connectivity index (χ3v) is 23.9. The molecule has 0 spiro atoms. The van der Waals surface area contributed by atoms with Crippen LogP contribution in [0.15, 0.2) is 97.1 Å². The number of esters is 1. The van der Waals surface area contributed by atoms with Crippen LogP contribution >= 0.6 is 0 Å². The topological polar surface area (TPSA) is 224 Å². The zero-order valence-corrected chi connectivity index (χ0v) is 69.3. The van der Waals surface area contributed by atoms with E-state index in [1.54, 1.807) is 39.8 Å². The van der Waals surface area contributed by atoms with Gasteiger partial charge in [0, 0.05) is 154 Å². The summed E-state index contributed by atoms with van der Waals surface area (Å²) in [6, 6.07) is 25.9. The maximum absolute atomic E-state index is 16.4. The molecule has 598 valence electrons. The average molecular weight is 1500 g/mol. The largest absolute Gasteiger partial charge is 0.450 e. The number of anilines is 2. The summed E-state index contributed by atoms with van der Waals surface area (Å²) in [5, 5.41) is 15.1. The van der Waals surface area contributed by atoms with Gasteiger partial charge in [0.05, 0.1) is 17.7 Å². The van der Waals surface area contributed by atoms with E-state index in [9.17, 15) is 5.11 Å². The van der Waals surface area contributed by atoms with Crippen LogP contribution in [0.4, 0.5) is 11.4 Å². The van der Waals surface area contributed by atoms with Gasteiger partial charge in [-0.25, -0.2) is 4.79 Å². The Hall–Kier alpha value is -8.01. The van der Waals surface area contributed by atoms with Gasteiger partial charge >= 0.3 is 5.97 Å². The fourth-order valence-electron chi connectivity index (χ4n) is 17.0. The molecule has 0 saturated carbocycles. The monoisotopic (exact) mass is 1500 g/mol. The van der Waals surface area contributed by atoms with Crippen LogP contribution < -0.4 is 15.1 Å². The number of rotatable bonds is 19. The standard InChI is InChI=1S/C88H130N10O11/c1-21-60(13)71-54-75(99)73-30-25-39-98(73)85(105)74(52-63-27-24-29-67(50-63)65-33-37-70(38-34-65)97-46-42-95(43-47-97)59(11)12)90(17)84(104)72(51-62-26-23-28-66(49-62)64-31-35-69(36-32-64)96-44-40-94(41-45-96)58(9)10)89-81(101)78(57(7)8)92(19)86(106)79(61(14)22-2)109-87(107)80(88(15,16)108)93(20)82(102)68(48-55(3)4)53-76(100)77(56(5)6)91(18)83(71)103/h23-24,26-29,31-38,49-50,55-61,68,71-74,77-80,108H,21-22,25,30,39-48,51-54H2,1-20H3,(H,89,101)/t60?,61?,68-,71+,72?,73?,74?,77+,78+,79-,80-/m1/s1. The van der Waals surface area contributed by atoms with Crippen molar-refractivity contribution < 1.29 is 53.0 Å². The van der Waals surface area contributed by atoms with Crippen LogP contribution in [0.5, 0.6) is 0 Å². The molecule has 4 saturated heterocycles. The molecule has 2 N–H and O–H groups in total. The predicted molar refractivity (Wildman–Crippen MR) is 432 cm³/mol. The van der Waals surface area contributed by atoms with Crippen LogP contribution in [0.25, 0.3) is 22.3 Å². The van der Waals surface area contributed by atoms with E-state index >= 15 is 43.2 Å². The molecule has 0 aliphatic carbocycles. The number of hydrogen-bond acceptors (Lipinski definition) is 15. The molecule has 4 heterocycles. The number of aliphatic hydroxyl groups is 1. The van der Waals surface area contributed by atoms with Crippen LogP contribution in [0.2, 0.25) is 0 Å². The van der Waals surface area contributed by atoms with Gasteiger partial charge in [-0.2, -0.15) is 0 Å². The first-order valence-corrected chi connectivity index (χ1v) is 40.5. The lowest BCUT2D eigenvalue weighted by atomic mass is 9.82. The van der Waals surface area contributed by atoms with Gasteiger partial charge in [-0.05, 0) is 149 Å². The third kappa shape index (κ3) is 21.4. The highest BCUT2D eigenvalue weighted by Crippen LogP contribution is 2.35. The molecule has 4 fully saturated rings. The van der Waals surface area contributed by atoms with E-state index in [1.165, 1.54) is 42.6 Å². The highest BCUT2D eigenvalue weighted by Gasteiger charge is 2.48. The van der Waals surface area contributed by atoms with Gasteiger partial charge in [-0.3, -0.25) is 48.2 Å². The lowest BCUT2D eigenvalue weighted by Crippen LogP contribution is -2.61. The van der Waals surface area contributed by atoms with Crippen molar-refractivity contribution in [2.45, 2.75) is 229 Å². The minimum atomic E-state index is -1.97. The van der Waals surface area contributed by atoms with Crippen molar-refractivity contribution in [1.82, 2.24) is 39.6 Å². The number of amides is 6. The molecule has 0 bridgehead atoms. The molecule has 4 aliphatic rings. The van der Waals surface area contributed by atoms with E-state index in [0.717, 1.165) is 96.4 Å². The van der Waals surface area contributed by atoms with Crippen molar-refractivity contribution in [2.24, 2.45) is 41.4 Å². The molecule has 0 radical (unpaired) electrons. The number of fused-ring (bicyclic) bond motifs is 1. The van der Waals surface area contributed by atoms with Gasteiger partial charge in [-0.1, -0.05) is 148 Å². The number of cyclic esters (lactones) is 1. The van der Waals surface area contributed by atoms with Gasteiger partial charge in [0.15, 0.2) is 23.7 Å². The normalized spacial score (nSPS) is 24.8. The summed E-state index contributed by atoms with van der Waals surface area (Å²) in [6.45, 7) is 37.7. The van der Waals surface area contributed by atoms with Crippen LogP contribution in [-0.4, -0.2) is 240 Å². The fraction of sp³-hybridized carbons (Fsp3) is 0.625. The first-order valence-electron chi connectivity index (χ1n) is 40.5. The second kappa shape index (κ2) is 38.3. The summed E-state index contributed by atoms with van der Waals surface area (Å²) in [6.07, 6.45) is -0.382. The number of piperazine rings is 2. The van der Waals surface area contributed by atoms with Crippen LogP contribution in [0, 0.1) is 41.4 Å². The van der Waals surface area contributed by atoms with Crippen molar-refractivity contribution in [3.63, 3.8) is 0 Å². The van der Waals surface area contributed by atoms with E-state index in [4.69, 9.17) is 4.74 Å². The number of nitrogens with zero attached hydrogens (tertiary/aromatic N) is 9. The Morgan fingerprint density at radius 3 is 1.45 bits per heavy atom. The highest BCUT2D eigenvalue weighted by molar-refractivity contribution is 5.99. The lowest BCUT2D eigenvalue weighted by Gasteiger charge is -2.39. The molecule has 4 aliphatic heterocycles. The average Bonchev–Trinajstić information content (AvgIpc) is 1.81. The first-order chi connectivity index (χ1) is 51.4. The Morgan fingerprint density at radius 2 is 0.991 bits per heavy atom. The molecule has 21 heteroatoms. The number of carbonyl (C=O) groups is 9. The van der Waals surface area contributed by atoms with Crippen molar-refractivity contribution >= 4 is 64.4 Å². The Kier molecular flexibility index (Phi) is 30.4. The van der Waals surface area contributed by atoms with Gasteiger partial charge in [0.25, 0.3) is 5.91 Å². The number of benzene rings is 4. The predicted octanol–water partition coefficient (Wildman–Crippen LogP) is 10.9. The Bertz CT molecular complexity index is 3760. The Labute approximate surface area is 651 Å². The minimum absolute atomic E-state index is 0.00278. The van der Waals surface area contributed by atoms with Crippen LogP contribution in [0.1, 0.15) is 167 Å². The number of Topliss-reactive ketones (excluding diaryl/α,β-unsaturated/α-hetero) is 2. The lowest BCUT2D eigenvalue weighted by molar-refractivity contribution is -0.178. The fourth-order valence-corrected chi connectivity index (χ4v) is 17.0. The van der Waals surface area contributed by atoms with E-state index in [1.807, 2.05) is 97.0 Å². The maximum Gasteiger partial charge on any atom is 0.332 e. The van der Waals surface area contributed by atoms with Crippen molar-refractivity contribution in [3.05, 3.63) is 108 Å². The van der Waals surface area contributed by atoms with Gasteiger partial charge < -0.3 is 49.5 Å². The summed E-state index contributed by atoms with van der Waals surface area (Å²) in [5.41, 5.74) is 5.35. The number of carbonyl (C=O) groups excluding carboxylic acids is 9. The Morgan fingerprint density at radius 1 is 0.505 bits per heavy atom. The van der Waals surface area contributed by atoms with Gasteiger partial charge in [-0.15, -0.1) is 0 Å². The van der Waals surface area contributed by atoms with Crippen LogP contribution in [0.3, 0.4) is 0 Å². The smallest absolute Gasteiger partial charge is 0.332 e. The third-order valence-electron chi connectivity index (χ3n) is 23.9. The SMILES string of the molecule is CCC(C)[C@@H]1CC(=O)C2CCCN2C(=O)C(Cc2cccc(-c3ccc(N4CCN(C(C)C)CC4)cc3)c2)N(C)C(=O)C(Cc2cccc(-c3ccc(N4CCN(C(C)C)CC4)cc3)c2)NC(=O)[C@H](C(C)C)N(C)C(=O)[C@@H](C(C)CC)OC(=O)[C@H](C(C)(C)O)N(C)C(=O)[C@H](CC(C)C)CC(=O)[C@H](C(C)C)N(C)C1=O. The number of hydrogen-bond donors (Lipinski definition) is 2. The molecule has 21 nitrogen and oxygen atoms in total. The zero-order valence-electron chi connectivity index (χ0n) is 69.3. The summed E-state index contributed by atoms with van der Waals surface area (Å²) in [5.74, 6) is -9.61. The molecule has 4 aromatic carbocycles. The highest BCUT2D eigenvalue weighted by atomic mass is 16.6. The number of ketones is 2. The van der Waals surface area contributed by atoms with E-state index in [0.29, 0.717) is 43.3 Å². The van der Waals surface area contributed by atoms with Crippen LogP contribution in [-0.2, 0) is 60.7 Å². The van der Waals surface area contributed by atoms with Gasteiger partial charge in [0.1, 0.15) is 18.1 Å². The second-order valence-electron chi connectivity index (χ2n) is 34.0. The van der Waals surface area contributed by atoms with Crippen molar-refractivity contribution in [2.75, 3.05) is 96.9 Å². The summed E-state index contributed by atoms with van der Waals surface area (Å²) < 4.78 is 6.28. The number of likely N-dealkylation sites (N-methyl/N-ethyl adjacent to an activating group) is 4. The van der Waals surface area contributed by atoms with E-state index in [-0.39, 0.29) is 56.3 Å². The maximum atomic E-state index is 16.4. The molecule has 6 amide bonds. The minimum Gasteiger partial charge on any atom is -0.450 e. The summed E-state index contributed by atoms with van der Waals surface area (Å²) in [7, 11) is 5.94. The quantitative estimate of drug-likeness (QED) is 0.0833. The Balaban J connectivity index is 1.25. The molecule has 109 heavy (non-hydrogen) atoms.